The number of nitrogens with zero attached hydrogens (tertiary/aromatic N) is 1. The van der Waals surface area contributed by atoms with Gasteiger partial charge >= 0.3 is 0 Å². The number of amides is 1. The fraction of sp³-hybridized carbons (Fsp3) is 0.588. The molecule has 0 aliphatic heterocycles. The second kappa shape index (κ2) is 7.45. The maximum absolute atomic E-state index is 12.3. The summed E-state index contributed by atoms with van der Waals surface area (Å²) in [6.07, 6.45) is 3.25. The molecule has 1 aliphatic rings. The molecule has 128 valence electrons. The highest BCUT2D eigenvalue weighted by atomic mass is 32.2. The molecule has 5 nitrogen and oxygen atoms in total. The quantitative estimate of drug-likeness (QED) is 0.865. The fourth-order valence-corrected chi connectivity index (χ4v) is 4.78. The Morgan fingerprint density at radius 2 is 1.91 bits per heavy atom. The minimum absolute atomic E-state index is 0.340. The number of carbonyl (C=O) groups excluding carboxylic acids is 1. The van der Waals surface area contributed by atoms with E-state index in [-0.39, 0.29) is 5.25 Å². The van der Waals surface area contributed by atoms with E-state index in [0.29, 0.717) is 25.1 Å². The van der Waals surface area contributed by atoms with E-state index in [1.165, 1.54) is 0 Å². The molecule has 1 aromatic rings. The lowest BCUT2D eigenvalue weighted by Gasteiger charge is -2.16. The second-order valence-corrected chi connectivity index (χ2v) is 8.94. The highest BCUT2D eigenvalue weighted by molar-refractivity contribution is 7.92. The third-order valence-electron chi connectivity index (χ3n) is 4.16. The Bertz CT molecular complexity index is 662. The van der Waals surface area contributed by atoms with Crippen LogP contribution in [-0.2, 0) is 21.2 Å². The number of benzene rings is 1. The Morgan fingerprint density at radius 1 is 1.26 bits per heavy atom. The first-order valence-electron chi connectivity index (χ1n) is 8.03. The van der Waals surface area contributed by atoms with Crippen molar-refractivity contribution in [2.45, 2.75) is 44.4 Å². The van der Waals surface area contributed by atoms with Crippen LogP contribution in [0.25, 0.3) is 0 Å². The number of rotatable bonds is 6. The lowest BCUT2D eigenvalue weighted by molar-refractivity contribution is -0.113. The van der Waals surface area contributed by atoms with Crippen LogP contribution in [0.15, 0.2) is 18.2 Å². The SMILES string of the molecule is Cc1ccc(NC(=O)CS(=O)(=O)C2CCCC2)c(CN(C)C)c1. The highest BCUT2D eigenvalue weighted by Gasteiger charge is 2.30. The van der Waals surface area contributed by atoms with Crippen molar-refractivity contribution in [1.82, 2.24) is 4.90 Å². The van der Waals surface area contributed by atoms with E-state index in [9.17, 15) is 13.2 Å². The van der Waals surface area contributed by atoms with Gasteiger partial charge in [-0.25, -0.2) is 8.42 Å². The molecule has 0 radical (unpaired) electrons. The maximum atomic E-state index is 12.3. The van der Waals surface area contributed by atoms with Gasteiger partial charge in [0.2, 0.25) is 5.91 Å². The Hall–Kier alpha value is -1.40. The normalized spacial score (nSPS) is 16.0. The van der Waals surface area contributed by atoms with Gasteiger partial charge in [0, 0.05) is 12.2 Å². The standard InChI is InChI=1S/C17H26N2O3S/c1-13-8-9-16(14(10-13)11-19(2)3)18-17(20)12-23(21,22)15-6-4-5-7-15/h8-10,15H,4-7,11-12H2,1-3H3,(H,18,20). The molecule has 0 bridgehead atoms. The zero-order chi connectivity index (χ0) is 17.0. The number of nitrogens with one attached hydrogen (secondary N) is 1. The number of carbonyl (C=O) groups is 1. The summed E-state index contributed by atoms with van der Waals surface area (Å²) in [5.41, 5.74) is 2.79. The number of hydrogen-bond acceptors (Lipinski definition) is 4. The molecule has 23 heavy (non-hydrogen) atoms. The molecule has 1 amide bonds. The summed E-state index contributed by atoms with van der Waals surface area (Å²) < 4.78 is 24.6. The van der Waals surface area contributed by atoms with E-state index in [1.54, 1.807) is 0 Å². The molecule has 1 aromatic carbocycles. The summed E-state index contributed by atoms with van der Waals surface area (Å²) in [4.78, 5) is 14.2. The van der Waals surface area contributed by atoms with Crippen molar-refractivity contribution in [1.29, 1.82) is 0 Å². The van der Waals surface area contributed by atoms with Gasteiger partial charge in [-0.05, 0) is 45.5 Å². The zero-order valence-electron chi connectivity index (χ0n) is 14.1. The van der Waals surface area contributed by atoms with Crippen LogP contribution in [0.2, 0.25) is 0 Å². The molecule has 1 N–H and O–H groups in total. The van der Waals surface area contributed by atoms with E-state index >= 15 is 0 Å². The van der Waals surface area contributed by atoms with E-state index < -0.39 is 21.5 Å². The largest absolute Gasteiger partial charge is 0.325 e. The summed E-state index contributed by atoms with van der Waals surface area (Å²) >= 11 is 0. The van der Waals surface area contributed by atoms with Crippen molar-refractivity contribution in [2.24, 2.45) is 0 Å². The number of anilines is 1. The van der Waals surface area contributed by atoms with Crippen LogP contribution in [0, 0.1) is 6.92 Å². The van der Waals surface area contributed by atoms with Gasteiger partial charge in [0.05, 0.1) is 5.25 Å². The van der Waals surface area contributed by atoms with Crippen molar-refractivity contribution >= 4 is 21.4 Å². The van der Waals surface area contributed by atoms with Crippen molar-refractivity contribution in [2.75, 3.05) is 25.2 Å². The van der Waals surface area contributed by atoms with Crippen LogP contribution >= 0.6 is 0 Å². The van der Waals surface area contributed by atoms with Crippen molar-refractivity contribution < 1.29 is 13.2 Å². The van der Waals surface area contributed by atoms with Gasteiger partial charge in [0.1, 0.15) is 5.75 Å². The minimum Gasteiger partial charge on any atom is -0.325 e. The van der Waals surface area contributed by atoms with Crippen molar-refractivity contribution in [3.8, 4) is 0 Å². The third kappa shape index (κ3) is 5.04. The van der Waals surface area contributed by atoms with Crippen LogP contribution in [0.1, 0.15) is 36.8 Å². The fourth-order valence-electron chi connectivity index (χ4n) is 3.05. The van der Waals surface area contributed by atoms with Gasteiger partial charge in [-0.2, -0.15) is 0 Å². The van der Waals surface area contributed by atoms with Gasteiger partial charge in [0.25, 0.3) is 0 Å². The first-order valence-corrected chi connectivity index (χ1v) is 9.75. The average molecular weight is 338 g/mol. The molecule has 1 fully saturated rings. The molecule has 1 saturated carbocycles. The molecule has 1 aliphatic carbocycles. The predicted octanol–water partition coefficient (Wildman–Crippen LogP) is 2.35. The molecule has 0 saturated heterocycles. The molecular formula is C17H26N2O3S. The number of sulfone groups is 1. The smallest absolute Gasteiger partial charge is 0.239 e. The first kappa shape index (κ1) is 17.9. The van der Waals surface area contributed by atoms with Crippen LogP contribution in [-0.4, -0.2) is 44.3 Å². The monoisotopic (exact) mass is 338 g/mol. The molecule has 6 heteroatoms. The molecule has 0 spiro atoms. The van der Waals surface area contributed by atoms with Gasteiger partial charge in [-0.15, -0.1) is 0 Å². The van der Waals surface area contributed by atoms with Crippen molar-refractivity contribution in [3.63, 3.8) is 0 Å². The van der Waals surface area contributed by atoms with Gasteiger partial charge in [-0.3, -0.25) is 4.79 Å². The van der Waals surface area contributed by atoms with E-state index in [0.717, 1.165) is 24.0 Å². The number of aryl methyl sites for hydroxylation is 1. The highest BCUT2D eigenvalue weighted by Crippen LogP contribution is 2.25. The Morgan fingerprint density at radius 3 is 2.52 bits per heavy atom. The summed E-state index contributed by atoms with van der Waals surface area (Å²) in [7, 11) is 0.568. The van der Waals surface area contributed by atoms with Crippen LogP contribution in [0.3, 0.4) is 0 Å². The molecule has 2 rings (SSSR count). The summed E-state index contributed by atoms with van der Waals surface area (Å²) in [5, 5.41) is 2.44. The van der Waals surface area contributed by atoms with Crippen LogP contribution in [0.4, 0.5) is 5.69 Å². The Labute approximate surface area is 139 Å². The topological polar surface area (TPSA) is 66.5 Å². The Kier molecular flexibility index (Phi) is 5.81. The minimum atomic E-state index is -3.35. The lowest BCUT2D eigenvalue weighted by atomic mass is 10.1. The number of hydrogen-bond donors (Lipinski definition) is 1. The molecule has 0 aromatic heterocycles. The van der Waals surface area contributed by atoms with Gasteiger partial charge in [-0.1, -0.05) is 30.5 Å². The van der Waals surface area contributed by atoms with E-state index in [4.69, 9.17) is 0 Å². The van der Waals surface area contributed by atoms with Crippen LogP contribution < -0.4 is 5.32 Å². The van der Waals surface area contributed by atoms with Crippen molar-refractivity contribution in [3.05, 3.63) is 29.3 Å². The molecule has 0 heterocycles. The van der Waals surface area contributed by atoms with E-state index in [2.05, 4.69) is 5.32 Å². The lowest BCUT2D eigenvalue weighted by Crippen LogP contribution is -2.30. The molecule has 0 atom stereocenters. The maximum Gasteiger partial charge on any atom is 0.239 e. The van der Waals surface area contributed by atoms with E-state index in [1.807, 2.05) is 44.1 Å². The third-order valence-corrected chi connectivity index (χ3v) is 6.32. The molecule has 0 unspecified atom stereocenters. The zero-order valence-corrected chi connectivity index (χ0v) is 14.9. The van der Waals surface area contributed by atoms with Crippen LogP contribution in [0.5, 0.6) is 0 Å². The predicted molar refractivity (Wildman–Crippen MR) is 93.2 cm³/mol. The Balaban J connectivity index is 2.08. The van der Waals surface area contributed by atoms with Gasteiger partial charge < -0.3 is 10.2 Å². The van der Waals surface area contributed by atoms with Gasteiger partial charge in [0.15, 0.2) is 9.84 Å². The summed E-state index contributed by atoms with van der Waals surface area (Å²) in [5.74, 6) is -0.867. The summed E-state index contributed by atoms with van der Waals surface area (Å²) in [6, 6.07) is 5.77. The molecular weight excluding hydrogens is 312 g/mol. The second-order valence-electron chi connectivity index (χ2n) is 6.66. The summed E-state index contributed by atoms with van der Waals surface area (Å²) in [6.45, 7) is 2.68. The first-order chi connectivity index (χ1) is 10.8. The average Bonchev–Trinajstić information content (AvgIpc) is 2.95.